The van der Waals surface area contributed by atoms with Gasteiger partial charge in [-0.25, -0.2) is 0 Å². The van der Waals surface area contributed by atoms with Crippen LogP contribution in [0.1, 0.15) is 149 Å². The lowest BCUT2D eigenvalue weighted by Crippen LogP contribution is -2.66. The zero-order valence-electron chi connectivity index (χ0n) is 38.3. The molecule has 1 amide bonds. The number of carbonyl (C=O) groups excluding carboxylic acids is 1. The third-order valence-electron chi connectivity index (χ3n) is 12.7. The smallest absolute Gasteiger partial charge is 0.220 e. The van der Waals surface area contributed by atoms with E-state index in [2.05, 4.69) is 12.2 Å². The van der Waals surface area contributed by atoms with Crippen LogP contribution in [-0.4, -0.2) is 193 Å². The number of unbranched alkanes of at least 4 members (excludes halogenated alkanes) is 17. The van der Waals surface area contributed by atoms with Crippen LogP contribution in [0.2, 0.25) is 0 Å². The minimum Gasteiger partial charge on any atom is -0.394 e. The Morgan fingerprint density at radius 1 is 0.500 bits per heavy atom. The van der Waals surface area contributed by atoms with Crippen LogP contribution in [-0.2, 0) is 33.2 Å². The fraction of sp³-hybridized carbons (Fsp3) is 0.978. The van der Waals surface area contributed by atoms with E-state index < -0.39 is 124 Å². The molecule has 64 heavy (non-hydrogen) atoms. The van der Waals surface area contributed by atoms with Crippen molar-refractivity contribution in [2.75, 3.05) is 26.4 Å². The van der Waals surface area contributed by atoms with E-state index in [1.807, 2.05) is 6.92 Å². The van der Waals surface area contributed by atoms with Crippen LogP contribution < -0.4 is 5.32 Å². The van der Waals surface area contributed by atoms with Gasteiger partial charge >= 0.3 is 0 Å². The van der Waals surface area contributed by atoms with Gasteiger partial charge in [-0.05, 0) is 12.8 Å². The predicted molar refractivity (Wildman–Crippen MR) is 231 cm³/mol. The Morgan fingerprint density at radius 3 is 1.34 bits per heavy atom. The molecule has 3 fully saturated rings. The molecule has 19 nitrogen and oxygen atoms in total. The Hall–Kier alpha value is -1.21. The maximum absolute atomic E-state index is 12.8. The molecule has 17 atom stereocenters. The molecule has 378 valence electrons. The normalized spacial score (nSPS) is 34.4. The minimum absolute atomic E-state index is 0.243. The highest BCUT2D eigenvalue weighted by Crippen LogP contribution is 2.33. The van der Waals surface area contributed by atoms with Crippen LogP contribution in [0.5, 0.6) is 0 Å². The molecule has 17 unspecified atom stereocenters. The Morgan fingerprint density at radius 2 is 0.891 bits per heavy atom. The van der Waals surface area contributed by atoms with Crippen LogP contribution in [0.3, 0.4) is 0 Å². The van der Waals surface area contributed by atoms with Crippen molar-refractivity contribution in [3.63, 3.8) is 0 Å². The van der Waals surface area contributed by atoms with Crippen molar-refractivity contribution < 1.29 is 89.4 Å². The highest BCUT2D eigenvalue weighted by molar-refractivity contribution is 5.76. The van der Waals surface area contributed by atoms with Gasteiger partial charge in [-0.1, -0.05) is 129 Å². The van der Waals surface area contributed by atoms with Gasteiger partial charge in [-0.3, -0.25) is 4.79 Å². The molecular formula is C45H85NO18. The van der Waals surface area contributed by atoms with Gasteiger partial charge in [0.2, 0.25) is 5.91 Å². The van der Waals surface area contributed by atoms with E-state index in [1.165, 1.54) is 83.5 Å². The summed E-state index contributed by atoms with van der Waals surface area (Å²) in [5, 5.41) is 119. The molecule has 0 aliphatic carbocycles. The van der Waals surface area contributed by atoms with Gasteiger partial charge < -0.3 is 89.9 Å². The monoisotopic (exact) mass is 928 g/mol. The quantitative estimate of drug-likeness (QED) is 0.0400. The number of aliphatic hydroxyl groups is 11. The van der Waals surface area contributed by atoms with Gasteiger partial charge in [0, 0.05) is 6.42 Å². The number of hydrogen-bond donors (Lipinski definition) is 12. The Balaban J connectivity index is 1.47. The number of hydrogen-bond acceptors (Lipinski definition) is 18. The topological polar surface area (TPSA) is 307 Å². The molecule has 3 aliphatic rings. The van der Waals surface area contributed by atoms with Crippen molar-refractivity contribution in [1.29, 1.82) is 0 Å². The SMILES string of the molecule is CCCCCCCCCCCCCCCCCCCC(O)C(COC1OC(CO)C(OC2OC(CO)C(OC3OC(CO)C(O)C(O)C3O)C(O)C2O)C(O)C1O)NC(=O)CCCC. The summed E-state index contributed by atoms with van der Waals surface area (Å²) in [4.78, 5) is 12.8. The lowest BCUT2D eigenvalue weighted by Gasteiger charge is -2.48. The van der Waals surface area contributed by atoms with Crippen LogP contribution in [0.25, 0.3) is 0 Å². The first-order chi connectivity index (χ1) is 30.8. The number of amides is 1. The van der Waals surface area contributed by atoms with E-state index in [-0.39, 0.29) is 18.9 Å². The van der Waals surface area contributed by atoms with E-state index >= 15 is 0 Å². The Kier molecular flexibility index (Phi) is 28.3. The molecule has 0 aromatic rings. The predicted octanol–water partition coefficient (Wildman–Crippen LogP) is 0.529. The molecule has 0 bridgehead atoms. The number of aliphatic hydroxyl groups excluding tert-OH is 11. The van der Waals surface area contributed by atoms with E-state index in [0.29, 0.717) is 12.8 Å². The average molecular weight is 928 g/mol. The lowest BCUT2D eigenvalue weighted by molar-refractivity contribution is -0.379. The first kappa shape index (κ1) is 57.1. The van der Waals surface area contributed by atoms with Crippen molar-refractivity contribution in [3.05, 3.63) is 0 Å². The summed E-state index contributed by atoms with van der Waals surface area (Å²) in [7, 11) is 0. The molecule has 12 N–H and O–H groups in total. The largest absolute Gasteiger partial charge is 0.394 e. The molecule has 0 spiro atoms. The Bertz CT molecular complexity index is 1200. The van der Waals surface area contributed by atoms with Crippen molar-refractivity contribution in [2.45, 2.75) is 253 Å². The maximum atomic E-state index is 12.8. The second kappa shape index (κ2) is 31.8. The summed E-state index contributed by atoms with van der Waals surface area (Å²) >= 11 is 0. The molecule has 3 aliphatic heterocycles. The number of carbonyl (C=O) groups is 1. The van der Waals surface area contributed by atoms with Gasteiger partial charge in [-0.15, -0.1) is 0 Å². The number of ether oxygens (including phenoxy) is 6. The first-order valence-electron chi connectivity index (χ1n) is 24.3. The summed E-state index contributed by atoms with van der Waals surface area (Å²) in [5.74, 6) is -0.279. The maximum Gasteiger partial charge on any atom is 0.220 e. The van der Waals surface area contributed by atoms with Gasteiger partial charge in [0.15, 0.2) is 18.9 Å². The second-order valence-electron chi connectivity index (χ2n) is 17.9. The molecule has 0 aromatic carbocycles. The van der Waals surface area contributed by atoms with E-state index in [1.54, 1.807) is 0 Å². The highest BCUT2D eigenvalue weighted by Gasteiger charge is 2.53. The summed E-state index contributed by atoms with van der Waals surface area (Å²) < 4.78 is 33.9. The molecular weight excluding hydrogens is 842 g/mol. The summed E-state index contributed by atoms with van der Waals surface area (Å²) in [6.45, 7) is 1.50. The van der Waals surface area contributed by atoms with E-state index in [0.717, 1.165) is 32.1 Å². The molecule has 3 heterocycles. The first-order valence-corrected chi connectivity index (χ1v) is 24.3. The standard InChI is InChI=1S/C45H85NO18/c1-3-5-7-8-9-10-11-12-13-14-15-16-17-18-19-20-21-22-29(50)28(46-33(51)23-6-4-2)27-59-43-39(57)36(54)41(31(25-48)61-43)64-45-40(58)37(55)42(32(26-49)62-45)63-44-38(56)35(53)34(52)30(24-47)60-44/h28-32,34-45,47-50,52-58H,3-27H2,1-2H3,(H,46,51). The average Bonchev–Trinajstić information content (AvgIpc) is 3.29. The summed E-state index contributed by atoms with van der Waals surface area (Å²) in [6, 6.07) is -0.874. The van der Waals surface area contributed by atoms with Crippen LogP contribution in [0.4, 0.5) is 0 Å². The molecule has 3 saturated heterocycles. The zero-order chi connectivity index (χ0) is 47.0. The third-order valence-corrected chi connectivity index (χ3v) is 12.7. The molecule has 19 heteroatoms. The van der Waals surface area contributed by atoms with Gasteiger partial charge in [0.1, 0.15) is 73.2 Å². The van der Waals surface area contributed by atoms with Crippen LogP contribution in [0.15, 0.2) is 0 Å². The summed E-state index contributed by atoms with van der Waals surface area (Å²) in [6.07, 6.45) is -3.47. The van der Waals surface area contributed by atoms with Crippen LogP contribution >= 0.6 is 0 Å². The summed E-state index contributed by atoms with van der Waals surface area (Å²) in [5.41, 5.74) is 0. The third kappa shape index (κ3) is 18.4. The van der Waals surface area contributed by atoms with E-state index in [9.17, 15) is 61.0 Å². The molecule has 0 aromatic heterocycles. The van der Waals surface area contributed by atoms with Crippen LogP contribution in [0, 0.1) is 0 Å². The van der Waals surface area contributed by atoms with Crippen molar-refractivity contribution in [3.8, 4) is 0 Å². The Labute approximate surface area is 379 Å². The van der Waals surface area contributed by atoms with Crippen molar-refractivity contribution >= 4 is 5.91 Å². The molecule has 3 rings (SSSR count). The zero-order valence-corrected chi connectivity index (χ0v) is 38.3. The lowest BCUT2D eigenvalue weighted by atomic mass is 9.96. The fourth-order valence-electron chi connectivity index (χ4n) is 8.52. The van der Waals surface area contributed by atoms with Gasteiger partial charge in [-0.2, -0.15) is 0 Å². The number of rotatable bonds is 33. The molecule has 0 saturated carbocycles. The van der Waals surface area contributed by atoms with Gasteiger partial charge in [0.05, 0.1) is 38.6 Å². The van der Waals surface area contributed by atoms with Crippen molar-refractivity contribution in [2.24, 2.45) is 0 Å². The fourth-order valence-corrected chi connectivity index (χ4v) is 8.52. The highest BCUT2D eigenvalue weighted by atomic mass is 16.8. The van der Waals surface area contributed by atoms with E-state index in [4.69, 9.17) is 28.4 Å². The van der Waals surface area contributed by atoms with Crippen molar-refractivity contribution in [1.82, 2.24) is 5.32 Å². The minimum atomic E-state index is -1.96. The molecule has 0 radical (unpaired) electrons. The number of nitrogens with one attached hydrogen (secondary N) is 1. The van der Waals surface area contributed by atoms with Gasteiger partial charge in [0.25, 0.3) is 0 Å². The second-order valence-corrected chi connectivity index (χ2v) is 17.9.